The van der Waals surface area contributed by atoms with Crippen molar-refractivity contribution in [2.75, 3.05) is 11.9 Å². The lowest BCUT2D eigenvalue weighted by Gasteiger charge is -2.23. The van der Waals surface area contributed by atoms with Gasteiger partial charge in [0.25, 0.3) is 0 Å². The number of allylic oxidation sites excluding steroid dienone is 2. The number of nitrogens with zero attached hydrogens (tertiary/aromatic N) is 1. The van der Waals surface area contributed by atoms with Crippen LogP contribution in [0.5, 0.6) is 0 Å². The molecule has 2 rings (SSSR count). The first kappa shape index (κ1) is 10.9. The van der Waals surface area contributed by atoms with Gasteiger partial charge < -0.3 is 4.90 Å². The fourth-order valence-electron chi connectivity index (χ4n) is 2.45. The van der Waals surface area contributed by atoms with Crippen molar-refractivity contribution in [2.24, 2.45) is 0 Å². The molecule has 1 aliphatic rings. The molecule has 0 bridgehead atoms. The molecule has 0 aromatic heterocycles. The van der Waals surface area contributed by atoms with E-state index in [9.17, 15) is 4.79 Å². The third kappa shape index (κ3) is 1.45. The standard InChI is InChI=1S/C14H17NO/c1-10(16)9-13-14(2,3)11-7-5-6-8-12(11)15(13)4/h5-9H,1-4H3/b13-9+. The Hall–Kier alpha value is -1.57. The zero-order valence-electron chi connectivity index (χ0n) is 10.2. The average molecular weight is 215 g/mol. The van der Waals surface area contributed by atoms with E-state index in [-0.39, 0.29) is 11.2 Å². The van der Waals surface area contributed by atoms with Crippen LogP contribution in [0.1, 0.15) is 26.3 Å². The molecule has 84 valence electrons. The molecule has 0 N–H and O–H groups in total. The first-order chi connectivity index (χ1) is 7.44. The molecule has 0 atom stereocenters. The number of fused-ring (bicyclic) bond motifs is 1. The van der Waals surface area contributed by atoms with Crippen LogP contribution < -0.4 is 4.90 Å². The van der Waals surface area contributed by atoms with E-state index in [1.54, 1.807) is 13.0 Å². The van der Waals surface area contributed by atoms with E-state index in [4.69, 9.17) is 0 Å². The first-order valence-electron chi connectivity index (χ1n) is 5.50. The van der Waals surface area contributed by atoms with Crippen LogP contribution in [0.3, 0.4) is 0 Å². The lowest BCUT2D eigenvalue weighted by molar-refractivity contribution is -0.112. The van der Waals surface area contributed by atoms with Crippen molar-refractivity contribution in [2.45, 2.75) is 26.2 Å². The molecule has 0 amide bonds. The summed E-state index contributed by atoms with van der Waals surface area (Å²) in [6.45, 7) is 5.91. The smallest absolute Gasteiger partial charge is 0.154 e. The molecule has 1 heterocycles. The van der Waals surface area contributed by atoms with Crippen LogP contribution in [0.15, 0.2) is 36.0 Å². The van der Waals surface area contributed by atoms with Gasteiger partial charge >= 0.3 is 0 Å². The van der Waals surface area contributed by atoms with Crippen LogP contribution >= 0.6 is 0 Å². The largest absolute Gasteiger partial charge is 0.347 e. The van der Waals surface area contributed by atoms with E-state index in [2.05, 4.69) is 30.9 Å². The first-order valence-corrected chi connectivity index (χ1v) is 5.50. The van der Waals surface area contributed by atoms with Gasteiger partial charge in [0.2, 0.25) is 0 Å². The lowest BCUT2D eigenvalue weighted by Crippen LogP contribution is -2.23. The molecule has 2 heteroatoms. The molecular formula is C14H17NO. The Bertz CT molecular complexity index is 471. The van der Waals surface area contributed by atoms with Gasteiger partial charge in [-0.2, -0.15) is 0 Å². The molecule has 0 aliphatic carbocycles. The molecule has 1 aromatic rings. The van der Waals surface area contributed by atoms with E-state index in [1.165, 1.54) is 11.3 Å². The van der Waals surface area contributed by atoms with E-state index in [1.807, 2.05) is 19.2 Å². The number of carbonyl (C=O) groups excluding carboxylic acids is 1. The number of rotatable bonds is 1. The summed E-state index contributed by atoms with van der Waals surface area (Å²) in [5.74, 6) is 0.0998. The molecule has 1 aromatic carbocycles. The third-order valence-electron chi connectivity index (χ3n) is 3.28. The Morgan fingerprint density at radius 2 is 1.94 bits per heavy atom. The van der Waals surface area contributed by atoms with Gasteiger partial charge in [-0.05, 0) is 18.6 Å². The van der Waals surface area contributed by atoms with Crippen molar-refractivity contribution in [3.8, 4) is 0 Å². The van der Waals surface area contributed by atoms with Crippen molar-refractivity contribution in [3.05, 3.63) is 41.6 Å². The topological polar surface area (TPSA) is 20.3 Å². The second-order valence-corrected chi connectivity index (χ2v) is 4.84. The highest BCUT2D eigenvalue weighted by atomic mass is 16.1. The highest BCUT2D eigenvalue weighted by molar-refractivity contribution is 5.90. The molecule has 1 aliphatic heterocycles. The number of para-hydroxylation sites is 1. The normalized spacial score (nSPS) is 20.0. The Labute approximate surface area is 96.6 Å². The number of hydrogen-bond acceptors (Lipinski definition) is 2. The van der Waals surface area contributed by atoms with Crippen LogP contribution in [0.4, 0.5) is 5.69 Å². The predicted octanol–water partition coefficient (Wildman–Crippen LogP) is 2.89. The summed E-state index contributed by atoms with van der Waals surface area (Å²) in [6.07, 6.45) is 1.74. The number of likely N-dealkylation sites (N-methyl/N-ethyl adjacent to an activating group) is 1. The third-order valence-corrected chi connectivity index (χ3v) is 3.28. The minimum atomic E-state index is -0.0863. The average Bonchev–Trinajstić information content (AvgIpc) is 2.41. The van der Waals surface area contributed by atoms with Crippen LogP contribution in [0.25, 0.3) is 0 Å². The van der Waals surface area contributed by atoms with Gasteiger partial charge in [0, 0.05) is 29.9 Å². The summed E-state index contributed by atoms with van der Waals surface area (Å²) in [7, 11) is 2.02. The quantitative estimate of drug-likeness (QED) is 0.671. The van der Waals surface area contributed by atoms with E-state index < -0.39 is 0 Å². The van der Waals surface area contributed by atoms with Gasteiger partial charge in [-0.1, -0.05) is 32.0 Å². The number of carbonyl (C=O) groups is 1. The zero-order valence-corrected chi connectivity index (χ0v) is 10.2. The summed E-state index contributed by atoms with van der Waals surface area (Å²) in [4.78, 5) is 13.4. The van der Waals surface area contributed by atoms with Crippen molar-refractivity contribution < 1.29 is 4.79 Å². The maximum absolute atomic E-state index is 11.3. The van der Waals surface area contributed by atoms with Gasteiger partial charge in [0.15, 0.2) is 5.78 Å². The van der Waals surface area contributed by atoms with E-state index in [0.29, 0.717) is 0 Å². The van der Waals surface area contributed by atoms with Crippen LogP contribution in [-0.4, -0.2) is 12.8 Å². The highest BCUT2D eigenvalue weighted by Gasteiger charge is 2.38. The van der Waals surface area contributed by atoms with Crippen LogP contribution in [0, 0.1) is 0 Å². The maximum Gasteiger partial charge on any atom is 0.154 e. The number of anilines is 1. The zero-order chi connectivity index (χ0) is 11.9. The molecule has 0 saturated carbocycles. The minimum Gasteiger partial charge on any atom is -0.347 e. The Kier molecular flexibility index (Phi) is 2.38. The second kappa shape index (κ2) is 3.48. The summed E-state index contributed by atoms with van der Waals surface area (Å²) in [5, 5.41) is 0. The van der Waals surface area contributed by atoms with E-state index >= 15 is 0 Å². The summed E-state index contributed by atoms with van der Waals surface area (Å²) >= 11 is 0. The molecule has 0 radical (unpaired) electrons. The van der Waals surface area contributed by atoms with Crippen molar-refractivity contribution in [1.29, 1.82) is 0 Å². The van der Waals surface area contributed by atoms with Gasteiger partial charge in [0.05, 0.1) is 0 Å². The van der Waals surface area contributed by atoms with Crippen molar-refractivity contribution in [3.63, 3.8) is 0 Å². The maximum atomic E-state index is 11.3. The van der Waals surface area contributed by atoms with Crippen LogP contribution in [0.2, 0.25) is 0 Å². The van der Waals surface area contributed by atoms with Crippen molar-refractivity contribution >= 4 is 11.5 Å². The van der Waals surface area contributed by atoms with Gasteiger partial charge in [-0.15, -0.1) is 0 Å². The Morgan fingerprint density at radius 1 is 1.31 bits per heavy atom. The van der Waals surface area contributed by atoms with Gasteiger partial charge in [-0.25, -0.2) is 0 Å². The lowest BCUT2D eigenvalue weighted by atomic mass is 9.83. The molecule has 0 saturated heterocycles. The number of hydrogen-bond donors (Lipinski definition) is 0. The number of ketones is 1. The SMILES string of the molecule is CC(=O)/C=C1/N(C)c2ccccc2C1(C)C. The molecule has 0 fully saturated rings. The predicted molar refractivity (Wildman–Crippen MR) is 66.6 cm³/mol. The Morgan fingerprint density at radius 3 is 2.50 bits per heavy atom. The molecule has 16 heavy (non-hydrogen) atoms. The van der Waals surface area contributed by atoms with E-state index in [0.717, 1.165) is 5.70 Å². The van der Waals surface area contributed by atoms with Gasteiger partial charge in [-0.3, -0.25) is 4.79 Å². The van der Waals surface area contributed by atoms with Gasteiger partial charge in [0.1, 0.15) is 0 Å². The summed E-state index contributed by atoms with van der Waals surface area (Å²) in [5.41, 5.74) is 3.46. The number of benzene rings is 1. The second-order valence-electron chi connectivity index (χ2n) is 4.84. The molecule has 0 spiro atoms. The fourth-order valence-corrected chi connectivity index (χ4v) is 2.45. The minimum absolute atomic E-state index is 0.0863. The molecule has 2 nitrogen and oxygen atoms in total. The molecular weight excluding hydrogens is 198 g/mol. The monoisotopic (exact) mass is 215 g/mol. The fraction of sp³-hybridized carbons (Fsp3) is 0.357. The van der Waals surface area contributed by atoms with Crippen LogP contribution in [-0.2, 0) is 10.2 Å². The highest BCUT2D eigenvalue weighted by Crippen LogP contribution is 2.46. The van der Waals surface area contributed by atoms with Crippen molar-refractivity contribution in [1.82, 2.24) is 0 Å². The molecule has 0 unspecified atom stereocenters. The Balaban J connectivity index is 2.62. The summed E-state index contributed by atoms with van der Waals surface area (Å²) < 4.78 is 0. The summed E-state index contributed by atoms with van der Waals surface area (Å²) in [6, 6.07) is 8.30.